The van der Waals surface area contributed by atoms with Crippen LogP contribution in [0.25, 0.3) is 0 Å². The van der Waals surface area contributed by atoms with Gasteiger partial charge in [-0.2, -0.15) is 0 Å². The molecule has 0 bridgehead atoms. The van der Waals surface area contributed by atoms with Gasteiger partial charge in [0.15, 0.2) is 0 Å². The molecule has 1 fully saturated rings. The lowest BCUT2D eigenvalue weighted by Crippen LogP contribution is -2.10. The zero-order valence-corrected chi connectivity index (χ0v) is 10.4. The fourth-order valence-corrected chi connectivity index (χ4v) is 2.21. The molecule has 2 heteroatoms. The third-order valence-corrected chi connectivity index (χ3v) is 3.07. The molecule has 0 spiro atoms. The van der Waals surface area contributed by atoms with Gasteiger partial charge >= 0.3 is 0 Å². The number of rotatable bonds is 5. The highest BCUT2D eigenvalue weighted by atomic mass is 16.5. The molecule has 2 unspecified atom stereocenters. The third-order valence-electron chi connectivity index (χ3n) is 3.07. The van der Waals surface area contributed by atoms with E-state index in [2.05, 4.69) is 43.4 Å². The molecule has 0 aliphatic heterocycles. The van der Waals surface area contributed by atoms with Gasteiger partial charge in [-0.05, 0) is 63.4 Å². The standard InChI is InChI=1S/C14H21NO/c1-10(2)16-13-6-4-11(5-7-13)14-8-12(14)9-15-3/h4-7,10,12,14-15H,8-9H2,1-3H3. The van der Waals surface area contributed by atoms with E-state index >= 15 is 0 Å². The number of benzene rings is 1. The summed E-state index contributed by atoms with van der Waals surface area (Å²) in [6, 6.07) is 8.59. The van der Waals surface area contributed by atoms with Gasteiger partial charge in [0.05, 0.1) is 6.10 Å². The Kier molecular flexibility index (Phi) is 3.49. The summed E-state index contributed by atoms with van der Waals surface area (Å²) >= 11 is 0. The van der Waals surface area contributed by atoms with Gasteiger partial charge in [-0.15, -0.1) is 0 Å². The van der Waals surface area contributed by atoms with Crippen molar-refractivity contribution in [2.75, 3.05) is 13.6 Å². The van der Waals surface area contributed by atoms with E-state index in [1.165, 1.54) is 12.0 Å². The first-order valence-corrected chi connectivity index (χ1v) is 6.12. The van der Waals surface area contributed by atoms with Crippen molar-refractivity contribution in [1.29, 1.82) is 0 Å². The first-order chi connectivity index (χ1) is 7.70. The SMILES string of the molecule is CNCC1CC1c1ccc(OC(C)C)cc1. The van der Waals surface area contributed by atoms with E-state index < -0.39 is 0 Å². The van der Waals surface area contributed by atoms with Gasteiger partial charge in [0.25, 0.3) is 0 Å². The van der Waals surface area contributed by atoms with E-state index in [-0.39, 0.29) is 6.10 Å². The minimum Gasteiger partial charge on any atom is -0.491 e. The smallest absolute Gasteiger partial charge is 0.119 e. The number of hydrogen-bond acceptors (Lipinski definition) is 2. The van der Waals surface area contributed by atoms with Crippen molar-refractivity contribution in [1.82, 2.24) is 5.32 Å². The largest absolute Gasteiger partial charge is 0.491 e. The Morgan fingerprint density at radius 2 is 2.00 bits per heavy atom. The van der Waals surface area contributed by atoms with Crippen LogP contribution in [0.2, 0.25) is 0 Å². The van der Waals surface area contributed by atoms with Crippen LogP contribution >= 0.6 is 0 Å². The lowest BCUT2D eigenvalue weighted by Gasteiger charge is -2.10. The summed E-state index contributed by atoms with van der Waals surface area (Å²) in [5.74, 6) is 2.58. The van der Waals surface area contributed by atoms with Crippen molar-refractivity contribution in [3.8, 4) is 5.75 Å². The van der Waals surface area contributed by atoms with Gasteiger partial charge in [-0.1, -0.05) is 12.1 Å². The van der Waals surface area contributed by atoms with Crippen molar-refractivity contribution in [2.24, 2.45) is 5.92 Å². The maximum atomic E-state index is 5.63. The van der Waals surface area contributed by atoms with Crippen LogP contribution in [0, 0.1) is 5.92 Å². The Hall–Kier alpha value is -1.02. The van der Waals surface area contributed by atoms with Crippen molar-refractivity contribution in [2.45, 2.75) is 32.3 Å². The average Bonchev–Trinajstić information content (AvgIpc) is 2.98. The Balaban J connectivity index is 1.93. The second-order valence-electron chi connectivity index (χ2n) is 4.90. The van der Waals surface area contributed by atoms with Gasteiger partial charge in [-0.25, -0.2) is 0 Å². The van der Waals surface area contributed by atoms with Gasteiger partial charge in [0, 0.05) is 0 Å². The monoisotopic (exact) mass is 219 g/mol. The average molecular weight is 219 g/mol. The van der Waals surface area contributed by atoms with E-state index in [9.17, 15) is 0 Å². The van der Waals surface area contributed by atoms with Gasteiger partial charge < -0.3 is 10.1 Å². The molecule has 16 heavy (non-hydrogen) atoms. The van der Waals surface area contributed by atoms with Gasteiger partial charge in [0.2, 0.25) is 0 Å². The molecule has 2 atom stereocenters. The van der Waals surface area contributed by atoms with E-state index in [0.717, 1.165) is 24.1 Å². The lowest BCUT2D eigenvalue weighted by atomic mass is 10.1. The summed E-state index contributed by atoms with van der Waals surface area (Å²) in [7, 11) is 2.02. The lowest BCUT2D eigenvalue weighted by molar-refractivity contribution is 0.242. The summed E-state index contributed by atoms with van der Waals surface area (Å²) in [4.78, 5) is 0. The summed E-state index contributed by atoms with van der Waals surface area (Å²) in [6.07, 6.45) is 1.58. The zero-order chi connectivity index (χ0) is 11.5. The molecule has 0 saturated heterocycles. The van der Waals surface area contributed by atoms with Crippen molar-refractivity contribution >= 4 is 0 Å². The summed E-state index contributed by atoms with van der Waals surface area (Å²) < 4.78 is 5.63. The fraction of sp³-hybridized carbons (Fsp3) is 0.571. The summed E-state index contributed by atoms with van der Waals surface area (Å²) in [6.45, 7) is 5.24. The van der Waals surface area contributed by atoms with Gasteiger partial charge in [-0.3, -0.25) is 0 Å². The second kappa shape index (κ2) is 4.88. The first-order valence-electron chi connectivity index (χ1n) is 6.12. The molecule has 0 amide bonds. The number of nitrogens with one attached hydrogen (secondary N) is 1. The highest BCUT2D eigenvalue weighted by molar-refractivity contribution is 5.32. The van der Waals surface area contributed by atoms with E-state index in [1.54, 1.807) is 0 Å². The highest BCUT2D eigenvalue weighted by Gasteiger charge is 2.37. The molecule has 1 aromatic carbocycles. The minimum atomic E-state index is 0.254. The van der Waals surface area contributed by atoms with Crippen LogP contribution in [-0.4, -0.2) is 19.7 Å². The Labute approximate surface area is 98.0 Å². The van der Waals surface area contributed by atoms with Crippen LogP contribution in [0.5, 0.6) is 5.75 Å². The Bertz CT molecular complexity index is 331. The molecular formula is C14H21NO. The van der Waals surface area contributed by atoms with Crippen molar-refractivity contribution in [3.63, 3.8) is 0 Å². The molecule has 2 rings (SSSR count). The predicted octanol–water partition coefficient (Wildman–Crippen LogP) is 2.80. The van der Waals surface area contributed by atoms with Crippen LogP contribution < -0.4 is 10.1 Å². The Morgan fingerprint density at radius 3 is 2.56 bits per heavy atom. The van der Waals surface area contributed by atoms with Crippen molar-refractivity contribution in [3.05, 3.63) is 29.8 Å². The van der Waals surface area contributed by atoms with E-state index in [1.807, 2.05) is 7.05 Å². The fourth-order valence-electron chi connectivity index (χ4n) is 2.21. The first kappa shape index (κ1) is 11.5. The van der Waals surface area contributed by atoms with Crippen LogP contribution in [0.3, 0.4) is 0 Å². The zero-order valence-electron chi connectivity index (χ0n) is 10.4. The minimum absolute atomic E-state index is 0.254. The molecule has 1 aromatic rings. The molecule has 1 saturated carbocycles. The molecular weight excluding hydrogens is 198 g/mol. The summed E-state index contributed by atoms with van der Waals surface area (Å²) in [5.41, 5.74) is 1.45. The van der Waals surface area contributed by atoms with E-state index in [0.29, 0.717) is 0 Å². The molecule has 1 aliphatic carbocycles. The maximum absolute atomic E-state index is 5.63. The molecule has 0 radical (unpaired) electrons. The Morgan fingerprint density at radius 1 is 1.31 bits per heavy atom. The van der Waals surface area contributed by atoms with Crippen LogP contribution in [0.1, 0.15) is 31.7 Å². The molecule has 88 valence electrons. The van der Waals surface area contributed by atoms with Crippen molar-refractivity contribution < 1.29 is 4.74 Å². The molecule has 2 nitrogen and oxygen atoms in total. The molecule has 0 aromatic heterocycles. The number of hydrogen-bond donors (Lipinski definition) is 1. The van der Waals surface area contributed by atoms with Gasteiger partial charge in [0.1, 0.15) is 5.75 Å². The normalized spacial score (nSPS) is 23.5. The molecule has 0 heterocycles. The molecule has 1 aliphatic rings. The summed E-state index contributed by atoms with van der Waals surface area (Å²) in [5, 5.41) is 3.24. The molecule has 1 N–H and O–H groups in total. The third kappa shape index (κ3) is 2.76. The maximum Gasteiger partial charge on any atom is 0.119 e. The second-order valence-corrected chi connectivity index (χ2v) is 4.90. The predicted molar refractivity (Wildman–Crippen MR) is 67.0 cm³/mol. The van der Waals surface area contributed by atoms with Crippen LogP contribution in [-0.2, 0) is 0 Å². The van der Waals surface area contributed by atoms with E-state index in [4.69, 9.17) is 4.74 Å². The van der Waals surface area contributed by atoms with Crippen LogP contribution in [0.4, 0.5) is 0 Å². The topological polar surface area (TPSA) is 21.3 Å². The number of ether oxygens (including phenoxy) is 1. The quantitative estimate of drug-likeness (QED) is 0.822. The van der Waals surface area contributed by atoms with Crippen LogP contribution in [0.15, 0.2) is 24.3 Å². The highest BCUT2D eigenvalue weighted by Crippen LogP contribution is 2.47.